The van der Waals surface area contributed by atoms with E-state index in [2.05, 4.69) is 34.3 Å². The fraction of sp³-hybridized carbons (Fsp3) is 0.864. The van der Waals surface area contributed by atoms with E-state index in [4.69, 9.17) is 4.74 Å². The van der Waals surface area contributed by atoms with Gasteiger partial charge in [-0.3, -0.25) is 4.79 Å². The lowest BCUT2D eigenvalue weighted by Gasteiger charge is -2.66. The molecule has 0 radical (unpaired) electrons. The fourth-order valence-corrected chi connectivity index (χ4v) is 7.13. The molecule has 3 saturated carbocycles. The number of aliphatic hydroxyl groups is 1. The van der Waals surface area contributed by atoms with Crippen molar-refractivity contribution in [1.29, 1.82) is 0 Å². The van der Waals surface area contributed by atoms with Crippen LogP contribution in [0.5, 0.6) is 0 Å². The summed E-state index contributed by atoms with van der Waals surface area (Å²) in [5, 5.41) is 10.6. The second-order valence-electron chi connectivity index (χ2n) is 10.1. The van der Waals surface area contributed by atoms with Crippen molar-refractivity contribution in [2.24, 2.45) is 34.0 Å². The van der Waals surface area contributed by atoms with Crippen molar-refractivity contribution in [1.82, 2.24) is 0 Å². The van der Waals surface area contributed by atoms with E-state index in [1.807, 2.05) is 0 Å². The van der Waals surface area contributed by atoms with Crippen LogP contribution in [0, 0.1) is 34.0 Å². The van der Waals surface area contributed by atoms with Gasteiger partial charge >= 0.3 is 5.97 Å². The topological polar surface area (TPSA) is 46.5 Å². The molecule has 3 aliphatic rings. The molecular formula is C22H36O3. The number of fused-ring (bicyclic) bond motifs is 3. The standard InChI is InChI=1S/C22H36O3/c1-14-7-8-18-21(5,16(14)13-25-15(2)23)11-9-17-20(3,4)19(24)10-12-22(17,18)6/h16-19,24H,1,7-13H2,2-6H3/t16-,17+,18+,19+,21+,22+/m1/s1. The number of carbonyl (C=O) groups is 1. The fourth-order valence-electron chi connectivity index (χ4n) is 7.13. The van der Waals surface area contributed by atoms with Gasteiger partial charge in [0.05, 0.1) is 12.7 Å². The summed E-state index contributed by atoms with van der Waals surface area (Å²) < 4.78 is 5.45. The van der Waals surface area contributed by atoms with Gasteiger partial charge in [-0.25, -0.2) is 0 Å². The molecule has 3 nitrogen and oxygen atoms in total. The Morgan fingerprint density at radius 2 is 1.76 bits per heavy atom. The van der Waals surface area contributed by atoms with Gasteiger partial charge in [-0.2, -0.15) is 0 Å². The smallest absolute Gasteiger partial charge is 0.302 e. The molecule has 0 spiro atoms. The molecule has 0 aromatic carbocycles. The normalized spacial score (nSPS) is 46.1. The van der Waals surface area contributed by atoms with Crippen molar-refractivity contribution < 1.29 is 14.6 Å². The van der Waals surface area contributed by atoms with Crippen LogP contribution in [-0.2, 0) is 9.53 Å². The van der Waals surface area contributed by atoms with E-state index in [1.54, 1.807) is 0 Å². The van der Waals surface area contributed by atoms with Crippen molar-refractivity contribution in [3.05, 3.63) is 12.2 Å². The zero-order valence-electron chi connectivity index (χ0n) is 16.7. The van der Waals surface area contributed by atoms with Crippen LogP contribution in [0.2, 0.25) is 0 Å². The van der Waals surface area contributed by atoms with Crippen molar-refractivity contribution in [2.75, 3.05) is 6.61 Å². The number of hydrogen-bond acceptors (Lipinski definition) is 3. The Morgan fingerprint density at radius 3 is 2.40 bits per heavy atom. The van der Waals surface area contributed by atoms with Gasteiger partial charge in [0.25, 0.3) is 0 Å². The van der Waals surface area contributed by atoms with E-state index in [0.717, 1.165) is 32.1 Å². The van der Waals surface area contributed by atoms with Crippen molar-refractivity contribution in [3.63, 3.8) is 0 Å². The van der Waals surface area contributed by atoms with E-state index < -0.39 is 0 Å². The highest BCUT2D eigenvalue weighted by atomic mass is 16.5. The molecule has 3 aliphatic carbocycles. The molecule has 0 aliphatic heterocycles. The Hall–Kier alpha value is -0.830. The zero-order chi connectivity index (χ0) is 18.6. The molecule has 0 unspecified atom stereocenters. The minimum Gasteiger partial charge on any atom is -0.465 e. The number of rotatable bonds is 2. The first-order chi connectivity index (χ1) is 11.5. The monoisotopic (exact) mass is 348 g/mol. The second-order valence-corrected chi connectivity index (χ2v) is 10.1. The third kappa shape index (κ3) is 2.78. The summed E-state index contributed by atoms with van der Waals surface area (Å²) in [5.41, 5.74) is 1.64. The number of aliphatic hydroxyl groups excluding tert-OH is 1. The van der Waals surface area contributed by atoms with Gasteiger partial charge in [0.1, 0.15) is 0 Å². The minimum absolute atomic E-state index is 0.0197. The molecule has 0 saturated heterocycles. The zero-order valence-corrected chi connectivity index (χ0v) is 16.7. The maximum Gasteiger partial charge on any atom is 0.302 e. The highest BCUT2D eigenvalue weighted by Crippen LogP contribution is 2.68. The van der Waals surface area contributed by atoms with Gasteiger partial charge in [-0.1, -0.05) is 39.8 Å². The number of hydrogen-bond donors (Lipinski definition) is 1. The van der Waals surface area contributed by atoms with Crippen LogP contribution in [-0.4, -0.2) is 23.8 Å². The van der Waals surface area contributed by atoms with Crippen LogP contribution >= 0.6 is 0 Å². The van der Waals surface area contributed by atoms with Gasteiger partial charge < -0.3 is 9.84 Å². The summed E-state index contributed by atoms with van der Waals surface area (Å²) in [6, 6.07) is 0. The number of esters is 1. The second kappa shape index (κ2) is 6.11. The molecule has 0 aromatic heterocycles. The van der Waals surface area contributed by atoms with E-state index >= 15 is 0 Å². The summed E-state index contributed by atoms with van der Waals surface area (Å²) in [5.74, 6) is 1.24. The van der Waals surface area contributed by atoms with Gasteiger partial charge in [-0.05, 0) is 66.6 Å². The average Bonchev–Trinajstić information content (AvgIpc) is 2.50. The first-order valence-corrected chi connectivity index (χ1v) is 10.0. The third-order valence-electron chi connectivity index (χ3n) is 8.57. The Balaban J connectivity index is 1.94. The molecule has 0 heterocycles. The minimum atomic E-state index is -0.194. The quantitative estimate of drug-likeness (QED) is 0.579. The molecule has 0 bridgehead atoms. The molecule has 25 heavy (non-hydrogen) atoms. The summed E-state index contributed by atoms with van der Waals surface area (Å²) in [7, 11) is 0. The van der Waals surface area contributed by atoms with Crippen LogP contribution in [0.15, 0.2) is 12.2 Å². The molecule has 1 N–H and O–H groups in total. The summed E-state index contributed by atoms with van der Waals surface area (Å²) in [4.78, 5) is 11.4. The van der Waals surface area contributed by atoms with E-state index in [9.17, 15) is 9.90 Å². The van der Waals surface area contributed by atoms with Crippen LogP contribution in [0.4, 0.5) is 0 Å². The SMILES string of the molecule is C=C1CC[C@H]2[C@@](C)(CC[C@H]3C(C)(C)[C@@H](O)CC[C@]23C)[C@@H]1COC(C)=O. The lowest BCUT2D eigenvalue weighted by atomic mass is 9.39. The highest BCUT2D eigenvalue weighted by Gasteiger charge is 2.62. The van der Waals surface area contributed by atoms with Crippen molar-refractivity contribution >= 4 is 5.97 Å². The molecule has 3 heteroatoms. The molecule has 3 rings (SSSR count). The Morgan fingerprint density at radius 1 is 1.12 bits per heavy atom. The lowest BCUT2D eigenvalue weighted by molar-refractivity contribution is -0.190. The van der Waals surface area contributed by atoms with Gasteiger partial charge in [0.2, 0.25) is 0 Å². The van der Waals surface area contributed by atoms with Crippen molar-refractivity contribution in [3.8, 4) is 0 Å². The van der Waals surface area contributed by atoms with Crippen LogP contribution in [0.3, 0.4) is 0 Å². The third-order valence-corrected chi connectivity index (χ3v) is 8.57. The van der Waals surface area contributed by atoms with Crippen LogP contribution in [0.1, 0.15) is 73.1 Å². The molecule has 6 atom stereocenters. The summed E-state index contributed by atoms with van der Waals surface area (Å²) in [6.45, 7) is 15.7. The molecule has 0 aromatic rings. The lowest BCUT2D eigenvalue weighted by Crippen LogP contribution is -2.61. The first-order valence-electron chi connectivity index (χ1n) is 10.0. The predicted molar refractivity (Wildman–Crippen MR) is 99.9 cm³/mol. The van der Waals surface area contributed by atoms with Crippen molar-refractivity contribution in [2.45, 2.75) is 79.2 Å². The van der Waals surface area contributed by atoms with E-state index in [-0.39, 0.29) is 34.2 Å². The molecule has 142 valence electrons. The van der Waals surface area contributed by atoms with Gasteiger partial charge in [-0.15, -0.1) is 0 Å². The molecular weight excluding hydrogens is 312 g/mol. The van der Waals surface area contributed by atoms with Gasteiger partial charge in [0.15, 0.2) is 0 Å². The van der Waals surface area contributed by atoms with Gasteiger partial charge in [0, 0.05) is 12.8 Å². The highest BCUT2D eigenvalue weighted by molar-refractivity contribution is 5.65. The van der Waals surface area contributed by atoms with Crippen LogP contribution in [0.25, 0.3) is 0 Å². The maximum absolute atomic E-state index is 11.4. The molecule has 0 amide bonds. The average molecular weight is 349 g/mol. The number of ether oxygens (including phenoxy) is 1. The summed E-state index contributed by atoms with van der Waals surface area (Å²) in [6.07, 6.45) is 6.33. The van der Waals surface area contributed by atoms with Crippen LogP contribution < -0.4 is 0 Å². The Labute approximate surface area is 153 Å². The predicted octanol–water partition coefficient (Wildman–Crippen LogP) is 4.74. The number of carbonyl (C=O) groups excluding carboxylic acids is 1. The van der Waals surface area contributed by atoms with E-state index in [1.165, 1.54) is 18.9 Å². The molecule has 3 fully saturated rings. The van der Waals surface area contributed by atoms with E-state index in [0.29, 0.717) is 18.4 Å². The maximum atomic E-state index is 11.4. The Kier molecular flexibility index (Phi) is 4.63. The first kappa shape index (κ1) is 18.9. The largest absolute Gasteiger partial charge is 0.465 e. The summed E-state index contributed by atoms with van der Waals surface area (Å²) >= 11 is 0. The Bertz CT molecular complexity index is 566.